The molecule has 0 saturated carbocycles. The molecule has 0 heterocycles. The van der Waals surface area contributed by atoms with E-state index in [2.05, 4.69) is 83.1 Å². The summed E-state index contributed by atoms with van der Waals surface area (Å²) in [6, 6.07) is 15.5. The maximum absolute atomic E-state index is 13.4. The van der Waals surface area contributed by atoms with Crippen LogP contribution >= 0.6 is 0 Å². The molecule has 4 rings (SSSR count). The topological polar surface area (TPSA) is 234 Å². The van der Waals surface area contributed by atoms with Gasteiger partial charge in [0.1, 0.15) is 0 Å². The van der Waals surface area contributed by atoms with E-state index in [1.54, 1.807) is 0 Å². The molecule has 4 aromatic carbocycles. The third kappa shape index (κ3) is 17.6. The van der Waals surface area contributed by atoms with Crippen LogP contribution in [0.5, 0.6) is 23.0 Å². The zero-order chi connectivity index (χ0) is 48.3. The van der Waals surface area contributed by atoms with E-state index in [0.29, 0.717) is 22.7 Å². The second kappa shape index (κ2) is 23.8. The van der Waals surface area contributed by atoms with Crippen molar-refractivity contribution in [1.29, 1.82) is 0 Å². The van der Waals surface area contributed by atoms with Gasteiger partial charge in [0.25, 0.3) is 0 Å². The minimum atomic E-state index is -0.313. The summed E-state index contributed by atoms with van der Waals surface area (Å²) in [6.07, 6.45) is 0. The van der Waals surface area contributed by atoms with Crippen molar-refractivity contribution in [3.05, 3.63) is 104 Å². The Bertz CT molecular complexity index is 1950. The molecule has 0 amide bonds. The molecule has 10 nitrogen and oxygen atoms in total. The van der Waals surface area contributed by atoms with Crippen molar-refractivity contribution < 1.29 is 83.2 Å². The van der Waals surface area contributed by atoms with Crippen LogP contribution in [0.3, 0.4) is 0 Å². The number of hydrogen-bond acceptors (Lipinski definition) is 4. The predicted octanol–water partition coefficient (Wildman–Crippen LogP) is 14.2. The predicted molar refractivity (Wildman–Crippen MR) is 261 cm³/mol. The molecule has 68 heavy (non-hydrogen) atoms. The average Bonchev–Trinajstić information content (AvgIpc) is 3.04. The summed E-state index contributed by atoms with van der Waals surface area (Å²) in [4.78, 5) is 0. The standard InChI is InChI=1S/2C28H42NO2.4O.2Re/c2*1-25(2,3)17-13-19(27(7,8)9)23(30)21(15-17)29-22-16-18(26(4,5)6)14-20(24(22)31)28(10,11)12;;;;;;/h2*13-16,30-31H,1-12H3;;;;;;/q2*-1;4*-2;;/p-4. The molecular formula is C56H80N2O8Re2-14. The number of benzene rings is 4. The normalized spacial score (nSPS) is 12.2. The van der Waals surface area contributed by atoms with Crippen molar-refractivity contribution in [3.63, 3.8) is 0 Å². The fourth-order valence-corrected chi connectivity index (χ4v) is 7.01. The molecule has 0 saturated heterocycles. The summed E-state index contributed by atoms with van der Waals surface area (Å²) in [5.41, 5.74) is 6.70. The van der Waals surface area contributed by atoms with Crippen LogP contribution in [0.15, 0.2) is 48.5 Å². The quantitative estimate of drug-likeness (QED) is 0.194. The Hall–Kier alpha value is -3.16. The Morgan fingerprint density at radius 1 is 0.250 bits per heavy atom. The number of rotatable bonds is 4. The first kappa shape index (κ1) is 71.4. The fourth-order valence-electron chi connectivity index (χ4n) is 7.01. The molecule has 12 heteroatoms. The van der Waals surface area contributed by atoms with E-state index < -0.39 is 0 Å². The van der Waals surface area contributed by atoms with Crippen molar-refractivity contribution in [3.8, 4) is 23.0 Å². The Morgan fingerprint density at radius 2 is 0.382 bits per heavy atom. The molecule has 0 unspecified atom stereocenters. The van der Waals surface area contributed by atoms with Crippen molar-refractivity contribution in [2.24, 2.45) is 0 Å². The molecule has 0 bridgehead atoms. The van der Waals surface area contributed by atoms with Gasteiger partial charge in [0, 0.05) is 40.8 Å². The molecule has 4 aromatic rings. The zero-order valence-electron chi connectivity index (χ0n) is 45.5. The van der Waals surface area contributed by atoms with Crippen LogP contribution in [0.1, 0.15) is 211 Å². The number of hydrogen-bond donors (Lipinski definition) is 0. The summed E-state index contributed by atoms with van der Waals surface area (Å²) < 4.78 is 0. The van der Waals surface area contributed by atoms with Gasteiger partial charge in [-0.3, -0.25) is 0 Å². The fraction of sp³-hybridized carbons (Fsp3) is 0.571. The van der Waals surface area contributed by atoms with Gasteiger partial charge in [0.05, 0.1) is 0 Å². The zero-order valence-corrected chi connectivity index (χ0v) is 51.0. The van der Waals surface area contributed by atoms with Crippen molar-refractivity contribution in [2.75, 3.05) is 0 Å². The first-order valence-corrected chi connectivity index (χ1v) is 22.3. The Labute approximate surface area is 439 Å². The second-order valence-electron chi connectivity index (χ2n) is 25.7. The summed E-state index contributed by atoms with van der Waals surface area (Å²) in [5, 5.41) is 62.9. The summed E-state index contributed by atoms with van der Waals surface area (Å²) in [5.74, 6) is -0.395. The van der Waals surface area contributed by atoms with Crippen molar-refractivity contribution >= 4 is 22.7 Å². The molecule has 0 fully saturated rings. The van der Waals surface area contributed by atoms with Gasteiger partial charge in [-0.25, -0.2) is 0 Å². The maximum atomic E-state index is 13.4. The molecule has 0 aromatic heterocycles. The third-order valence-corrected chi connectivity index (χ3v) is 11.5. The van der Waals surface area contributed by atoms with E-state index in [1.165, 1.54) is 0 Å². The smallest absolute Gasteiger partial charge is 0 e. The largest absolute Gasteiger partial charge is 2.00 e. The molecule has 0 aliphatic carbocycles. The summed E-state index contributed by atoms with van der Waals surface area (Å²) in [7, 11) is 0. The van der Waals surface area contributed by atoms with Crippen LogP contribution in [-0.4, -0.2) is 0 Å². The van der Waals surface area contributed by atoms with E-state index in [4.69, 9.17) is 10.6 Å². The van der Waals surface area contributed by atoms with E-state index in [1.807, 2.05) is 132 Å². The van der Waals surface area contributed by atoms with Crippen molar-refractivity contribution in [2.45, 2.75) is 209 Å². The van der Waals surface area contributed by atoms with Crippen LogP contribution in [-0.2, 0) is 106 Å². The van der Waals surface area contributed by atoms with Gasteiger partial charge >= 0.3 is 0 Å². The van der Waals surface area contributed by atoms with Gasteiger partial charge in [-0.15, -0.1) is 45.7 Å². The summed E-state index contributed by atoms with van der Waals surface area (Å²) >= 11 is 0. The van der Waals surface area contributed by atoms with E-state index in [-0.39, 0.29) is 129 Å². The molecule has 390 valence electrons. The van der Waals surface area contributed by atoms with Crippen LogP contribution in [0.4, 0.5) is 22.7 Å². The first-order chi connectivity index (χ1) is 27.5. The minimum Gasteiger partial charge on any atom is -2.00 e. The SMILES string of the molecule is CC(C)(C)c1cc([N-]c2cc(C(C)(C)C)cc(C(C)(C)C)c2[O-])c([O-])c(C(C)(C)C)c1.CC(C)(C)c1cc([N-]c2cc(C(C)(C)C)cc(C(C)(C)C)c2[O-])c([O-])c(C(C)(C)C)c1.[O-2].[O-2].[O-2].[O-2].[Re].[Re]. The third-order valence-electron chi connectivity index (χ3n) is 11.5. The Kier molecular flexibility index (Phi) is 25.0. The van der Waals surface area contributed by atoms with Gasteiger partial charge in [-0.05, 0) is 65.6 Å². The molecule has 0 aliphatic rings. The van der Waals surface area contributed by atoms with Crippen LogP contribution in [0.25, 0.3) is 10.6 Å². The minimum absolute atomic E-state index is 0. The van der Waals surface area contributed by atoms with Gasteiger partial charge in [0.15, 0.2) is 0 Å². The van der Waals surface area contributed by atoms with E-state index in [0.717, 1.165) is 44.5 Å². The van der Waals surface area contributed by atoms with Crippen LogP contribution in [0.2, 0.25) is 0 Å². The van der Waals surface area contributed by atoms with Crippen LogP contribution < -0.4 is 20.4 Å². The summed E-state index contributed by atoms with van der Waals surface area (Å²) in [6.45, 7) is 50.0. The molecule has 0 aliphatic heterocycles. The van der Waals surface area contributed by atoms with Gasteiger partial charge in [-0.2, -0.15) is 0 Å². The molecule has 0 spiro atoms. The molecule has 2 radical (unpaired) electrons. The molecule has 0 atom stereocenters. The molecular weight excluding hydrogens is 1200 g/mol. The van der Waals surface area contributed by atoms with Gasteiger partial charge < -0.3 is 53.0 Å². The average molecular weight is 1280 g/mol. The van der Waals surface area contributed by atoms with Crippen LogP contribution in [0, 0.1) is 0 Å². The molecule has 0 N–H and O–H groups in total. The van der Waals surface area contributed by atoms with Crippen molar-refractivity contribution in [1.82, 2.24) is 0 Å². The second-order valence-corrected chi connectivity index (χ2v) is 25.7. The Morgan fingerprint density at radius 3 is 0.485 bits per heavy atom. The Balaban J connectivity index is -0.000000554. The van der Waals surface area contributed by atoms with Gasteiger partial charge in [-0.1, -0.05) is 237 Å². The van der Waals surface area contributed by atoms with Gasteiger partial charge in [0.2, 0.25) is 0 Å². The van der Waals surface area contributed by atoms with E-state index in [9.17, 15) is 20.4 Å². The first-order valence-electron chi connectivity index (χ1n) is 22.3. The monoisotopic (exact) mass is 1280 g/mol. The number of nitrogens with zero attached hydrogens (tertiary/aromatic N) is 2. The maximum Gasteiger partial charge on any atom is 0 e. The van der Waals surface area contributed by atoms with E-state index >= 15 is 0 Å².